The Morgan fingerprint density at radius 3 is 2.80 bits per heavy atom. The Kier molecular flexibility index (Phi) is 5.01. The lowest BCUT2D eigenvalue weighted by Crippen LogP contribution is -2.00. The standard InChI is InChI=1S/C15H15BrN2O2/c1-19-15-6-5-11(9-18-17)7-12(15)10-20-14-4-2-3-13(16)8-14/h2-9H,10,17H2,1H3. The van der Waals surface area contributed by atoms with Crippen LogP contribution >= 0.6 is 15.9 Å². The minimum absolute atomic E-state index is 0.409. The van der Waals surface area contributed by atoms with Gasteiger partial charge in [-0.05, 0) is 42.0 Å². The molecule has 0 atom stereocenters. The van der Waals surface area contributed by atoms with Gasteiger partial charge < -0.3 is 15.3 Å². The van der Waals surface area contributed by atoms with Crippen LogP contribution in [0, 0.1) is 0 Å². The summed E-state index contributed by atoms with van der Waals surface area (Å²) in [6.07, 6.45) is 1.59. The molecule has 0 aliphatic heterocycles. The normalized spacial score (nSPS) is 10.7. The first kappa shape index (κ1) is 14.4. The fraction of sp³-hybridized carbons (Fsp3) is 0.133. The number of methoxy groups -OCH3 is 1. The largest absolute Gasteiger partial charge is 0.496 e. The number of hydrazone groups is 1. The van der Waals surface area contributed by atoms with Gasteiger partial charge in [0.05, 0.1) is 13.3 Å². The molecule has 0 aromatic heterocycles. The van der Waals surface area contributed by atoms with Crippen molar-refractivity contribution >= 4 is 22.1 Å². The molecule has 2 aromatic carbocycles. The van der Waals surface area contributed by atoms with Gasteiger partial charge in [0.25, 0.3) is 0 Å². The highest BCUT2D eigenvalue weighted by Gasteiger charge is 2.05. The predicted octanol–water partition coefficient (Wildman–Crippen LogP) is 3.33. The lowest BCUT2D eigenvalue weighted by molar-refractivity contribution is 0.296. The van der Waals surface area contributed by atoms with Crippen LogP contribution < -0.4 is 15.3 Å². The molecule has 4 nitrogen and oxygen atoms in total. The van der Waals surface area contributed by atoms with Gasteiger partial charge in [-0.1, -0.05) is 22.0 Å². The number of nitrogens with two attached hydrogens (primary N) is 1. The molecule has 2 aromatic rings. The highest BCUT2D eigenvalue weighted by Crippen LogP contribution is 2.23. The second kappa shape index (κ2) is 6.96. The van der Waals surface area contributed by atoms with Gasteiger partial charge in [0.2, 0.25) is 0 Å². The summed E-state index contributed by atoms with van der Waals surface area (Å²) in [7, 11) is 1.63. The van der Waals surface area contributed by atoms with Gasteiger partial charge in [-0.3, -0.25) is 0 Å². The van der Waals surface area contributed by atoms with Gasteiger partial charge in [-0.15, -0.1) is 0 Å². The van der Waals surface area contributed by atoms with E-state index in [-0.39, 0.29) is 0 Å². The maximum atomic E-state index is 5.76. The molecule has 0 saturated carbocycles. The molecule has 0 radical (unpaired) electrons. The van der Waals surface area contributed by atoms with Crippen LogP contribution in [0.1, 0.15) is 11.1 Å². The van der Waals surface area contributed by atoms with Crippen molar-refractivity contribution in [3.63, 3.8) is 0 Å². The van der Waals surface area contributed by atoms with E-state index >= 15 is 0 Å². The number of nitrogens with zero attached hydrogens (tertiary/aromatic N) is 1. The van der Waals surface area contributed by atoms with Gasteiger partial charge in [0.1, 0.15) is 18.1 Å². The number of halogens is 1. The molecule has 0 spiro atoms. The fourth-order valence-electron chi connectivity index (χ4n) is 1.80. The molecule has 5 heteroatoms. The van der Waals surface area contributed by atoms with Gasteiger partial charge in [-0.2, -0.15) is 5.10 Å². The molecule has 2 N–H and O–H groups in total. The van der Waals surface area contributed by atoms with Crippen LogP contribution in [0.15, 0.2) is 52.0 Å². The Bertz CT molecular complexity index is 615. The highest BCUT2D eigenvalue weighted by molar-refractivity contribution is 9.10. The van der Waals surface area contributed by atoms with E-state index in [0.717, 1.165) is 27.1 Å². The van der Waals surface area contributed by atoms with Crippen molar-refractivity contribution in [2.45, 2.75) is 6.61 Å². The maximum Gasteiger partial charge on any atom is 0.125 e. The summed E-state index contributed by atoms with van der Waals surface area (Å²) in [4.78, 5) is 0. The number of ether oxygens (including phenoxy) is 2. The number of benzene rings is 2. The van der Waals surface area contributed by atoms with Crippen LogP contribution in [0.2, 0.25) is 0 Å². The summed E-state index contributed by atoms with van der Waals surface area (Å²) >= 11 is 3.41. The quantitative estimate of drug-likeness (QED) is 0.518. The Labute approximate surface area is 126 Å². The third kappa shape index (κ3) is 3.74. The number of hydrogen-bond acceptors (Lipinski definition) is 4. The first-order chi connectivity index (χ1) is 9.72. The van der Waals surface area contributed by atoms with Crippen LogP contribution in [0.3, 0.4) is 0 Å². The molecule has 0 aliphatic rings. The van der Waals surface area contributed by atoms with Gasteiger partial charge in [0.15, 0.2) is 0 Å². The molecular formula is C15H15BrN2O2. The summed E-state index contributed by atoms with van der Waals surface area (Å²) in [6, 6.07) is 13.4. The van der Waals surface area contributed by atoms with Crippen LogP contribution in [0.25, 0.3) is 0 Å². The third-order valence-electron chi connectivity index (χ3n) is 2.72. The van der Waals surface area contributed by atoms with Gasteiger partial charge in [-0.25, -0.2) is 0 Å². The van der Waals surface area contributed by atoms with Crippen molar-refractivity contribution in [3.8, 4) is 11.5 Å². The van der Waals surface area contributed by atoms with E-state index in [1.54, 1.807) is 13.3 Å². The Morgan fingerprint density at radius 1 is 1.25 bits per heavy atom. The predicted molar refractivity (Wildman–Crippen MR) is 83.2 cm³/mol. The molecule has 0 fully saturated rings. The Hall–Kier alpha value is -2.01. The SMILES string of the molecule is COc1ccc(C=NN)cc1COc1cccc(Br)c1. The van der Waals surface area contributed by atoms with E-state index in [2.05, 4.69) is 21.0 Å². The van der Waals surface area contributed by atoms with Crippen LogP contribution in [-0.4, -0.2) is 13.3 Å². The van der Waals surface area contributed by atoms with Crippen molar-refractivity contribution in [3.05, 3.63) is 58.1 Å². The molecule has 20 heavy (non-hydrogen) atoms. The molecule has 0 heterocycles. The average Bonchev–Trinajstić information content (AvgIpc) is 2.46. The number of hydrogen-bond donors (Lipinski definition) is 1. The van der Waals surface area contributed by atoms with Gasteiger partial charge >= 0.3 is 0 Å². The first-order valence-corrected chi connectivity index (χ1v) is 6.81. The zero-order chi connectivity index (χ0) is 14.4. The molecular weight excluding hydrogens is 320 g/mol. The van der Waals surface area contributed by atoms with E-state index in [0.29, 0.717) is 6.61 Å². The summed E-state index contributed by atoms with van der Waals surface area (Å²) in [5.74, 6) is 6.73. The van der Waals surface area contributed by atoms with Crippen LogP contribution in [0.5, 0.6) is 11.5 Å². The van der Waals surface area contributed by atoms with E-state index in [1.807, 2.05) is 42.5 Å². The van der Waals surface area contributed by atoms with E-state index in [4.69, 9.17) is 15.3 Å². The molecule has 0 unspecified atom stereocenters. The topological polar surface area (TPSA) is 56.8 Å². The lowest BCUT2D eigenvalue weighted by atomic mass is 10.1. The van der Waals surface area contributed by atoms with Crippen molar-refractivity contribution in [2.75, 3.05) is 7.11 Å². The molecule has 104 valence electrons. The van der Waals surface area contributed by atoms with E-state index in [9.17, 15) is 0 Å². The summed E-state index contributed by atoms with van der Waals surface area (Å²) in [5.41, 5.74) is 1.84. The third-order valence-corrected chi connectivity index (χ3v) is 3.21. The molecule has 0 saturated heterocycles. The maximum absolute atomic E-state index is 5.76. The molecule has 0 aliphatic carbocycles. The highest BCUT2D eigenvalue weighted by atomic mass is 79.9. The minimum atomic E-state index is 0.409. The molecule has 2 rings (SSSR count). The van der Waals surface area contributed by atoms with E-state index < -0.39 is 0 Å². The lowest BCUT2D eigenvalue weighted by Gasteiger charge is -2.11. The first-order valence-electron chi connectivity index (χ1n) is 6.01. The summed E-state index contributed by atoms with van der Waals surface area (Å²) in [6.45, 7) is 0.409. The molecule has 0 bridgehead atoms. The van der Waals surface area contributed by atoms with Crippen molar-refractivity contribution < 1.29 is 9.47 Å². The summed E-state index contributed by atoms with van der Waals surface area (Å²) < 4.78 is 12.1. The Balaban J connectivity index is 2.17. The molecule has 0 amide bonds. The number of rotatable bonds is 5. The van der Waals surface area contributed by atoms with Crippen molar-refractivity contribution in [1.82, 2.24) is 0 Å². The monoisotopic (exact) mass is 334 g/mol. The van der Waals surface area contributed by atoms with E-state index in [1.165, 1.54) is 0 Å². The van der Waals surface area contributed by atoms with Crippen molar-refractivity contribution in [1.29, 1.82) is 0 Å². The Morgan fingerprint density at radius 2 is 2.10 bits per heavy atom. The minimum Gasteiger partial charge on any atom is -0.496 e. The van der Waals surface area contributed by atoms with Crippen LogP contribution in [0.4, 0.5) is 0 Å². The zero-order valence-electron chi connectivity index (χ0n) is 11.0. The van der Waals surface area contributed by atoms with Gasteiger partial charge in [0, 0.05) is 10.0 Å². The van der Waals surface area contributed by atoms with Crippen LogP contribution in [-0.2, 0) is 6.61 Å². The average molecular weight is 335 g/mol. The second-order valence-corrected chi connectivity index (χ2v) is 5.01. The zero-order valence-corrected chi connectivity index (χ0v) is 12.6. The second-order valence-electron chi connectivity index (χ2n) is 4.10. The smallest absolute Gasteiger partial charge is 0.125 e. The van der Waals surface area contributed by atoms with Crippen molar-refractivity contribution in [2.24, 2.45) is 10.9 Å². The summed E-state index contributed by atoms with van der Waals surface area (Å²) in [5, 5.41) is 3.52. The fourth-order valence-corrected chi connectivity index (χ4v) is 2.17.